The average Bonchev–Trinajstić information content (AvgIpc) is 2.82. The fourth-order valence-corrected chi connectivity index (χ4v) is 1.88. The Morgan fingerprint density at radius 2 is 0.857 bits per heavy atom. The van der Waals surface area contributed by atoms with Gasteiger partial charge in [0, 0.05) is 11.1 Å². The van der Waals surface area contributed by atoms with Crippen LogP contribution in [0.5, 0.6) is 0 Å². The Morgan fingerprint density at radius 1 is 0.543 bits per heavy atom. The second-order valence-electron chi connectivity index (χ2n) is 7.42. The van der Waals surface area contributed by atoms with Gasteiger partial charge < -0.3 is 9.47 Å². The zero-order valence-electron chi connectivity index (χ0n) is 21.0. The van der Waals surface area contributed by atoms with E-state index < -0.39 is 35.6 Å². The van der Waals surface area contributed by atoms with Gasteiger partial charge in [0.25, 0.3) is 11.8 Å². The van der Waals surface area contributed by atoms with Crippen LogP contribution in [-0.4, -0.2) is 48.8 Å². The Bertz CT molecular complexity index is 765. The highest BCUT2D eigenvalue weighted by molar-refractivity contribution is 6.33. The first-order chi connectivity index (χ1) is 16.5. The highest BCUT2D eigenvalue weighted by Crippen LogP contribution is 1.99. The van der Waals surface area contributed by atoms with E-state index in [1.54, 1.807) is 0 Å². The molecule has 0 heterocycles. The number of ether oxygens (including phenoxy) is 2. The van der Waals surface area contributed by atoms with E-state index in [-0.39, 0.29) is 24.4 Å². The molecule has 0 aliphatic carbocycles. The Kier molecular flexibility index (Phi) is 20.0. The van der Waals surface area contributed by atoms with Crippen molar-refractivity contribution < 1.29 is 38.2 Å². The lowest BCUT2D eigenvalue weighted by molar-refractivity contribution is -0.155. The monoisotopic (exact) mass is 498 g/mol. The van der Waals surface area contributed by atoms with E-state index in [9.17, 15) is 28.8 Å². The van der Waals surface area contributed by atoms with E-state index in [4.69, 9.17) is 4.74 Å². The van der Waals surface area contributed by atoms with Gasteiger partial charge in [-0.05, 0) is 26.7 Å². The lowest BCUT2D eigenvalue weighted by Gasteiger charge is -2.07. The van der Waals surface area contributed by atoms with Crippen molar-refractivity contribution in [3.05, 3.63) is 24.3 Å². The Morgan fingerprint density at radius 3 is 1.20 bits per heavy atom. The number of hydrazine groups is 2. The summed E-state index contributed by atoms with van der Waals surface area (Å²) in [4.78, 5) is 66.5. The van der Waals surface area contributed by atoms with Gasteiger partial charge in [-0.3, -0.25) is 40.9 Å². The van der Waals surface area contributed by atoms with Crippen LogP contribution in [0, 0.1) is 0 Å². The molecule has 0 aromatic carbocycles. The van der Waals surface area contributed by atoms with Gasteiger partial charge in [-0.2, -0.15) is 0 Å². The maximum absolute atomic E-state index is 11.2. The molecule has 12 heteroatoms. The molecule has 0 rings (SSSR count). The first-order valence-electron chi connectivity index (χ1n) is 11.3. The molecule has 12 nitrogen and oxygen atoms in total. The number of nitrogens with one attached hydrogen (secondary N) is 4. The molecule has 0 aromatic heterocycles. The van der Waals surface area contributed by atoms with E-state index in [1.807, 2.05) is 28.6 Å². The molecule has 4 amide bonds. The number of carbonyl (C=O) groups excluding carboxylic acids is 6. The highest BCUT2D eigenvalue weighted by Gasteiger charge is 2.16. The summed E-state index contributed by atoms with van der Waals surface area (Å²) in [5, 5.41) is 0. The van der Waals surface area contributed by atoms with Crippen LogP contribution in [0.2, 0.25) is 0 Å². The van der Waals surface area contributed by atoms with Crippen molar-refractivity contribution in [2.75, 3.05) is 13.2 Å². The molecule has 35 heavy (non-hydrogen) atoms. The summed E-state index contributed by atoms with van der Waals surface area (Å²) >= 11 is 0. The van der Waals surface area contributed by atoms with Gasteiger partial charge in [0.2, 0.25) is 0 Å². The molecule has 0 aliphatic heterocycles. The maximum Gasteiger partial charge on any atom is 0.398 e. The highest BCUT2D eigenvalue weighted by atomic mass is 16.5. The summed E-state index contributed by atoms with van der Waals surface area (Å²) in [7, 11) is 0. The largest absolute Gasteiger partial charge is 0.459 e. The molecule has 0 unspecified atom stereocenters. The van der Waals surface area contributed by atoms with Crippen molar-refractivity contribution in [1.82, 2.24) is 21.7 Å². The number of carbonyl (C=O) groups is 6. The normalized spacial score (nSPS) is 9.37. The minimum absolute atomic E-state index is 0.203. The molecule has 0 fully saturated rings. The quantitative estimate of drug-likeness (QED) is 0.109. The molecule has 198 valence electrons. The molecule has 0 saturated carbocycles. The van der Waals surface area contributed by atoms with Crippen LogP contribution in [0.3, 0.4) is 0 Å². The van der Waals surface area contributed by atoms with E-state index in [1.165, 1.54) is 13.8 Å². The van der Waals surface area contributed by atoms with Crippen molar-refractivity contribution in [2.24, 2.45) is 0 Å². The lowest BCUT2D eigenvalue weighted by Crippen LogP contribution is -2.45. The van der Waals surface area contributed by atoms with Gasteiger partial charge in [-0.1, -0.05) is 59.1 Å². The predicted molar refractivity (Wildman–Crippen MR) is 128 cm³/mol. The van der Waals surface area contributed by atoms with Gasteiger partial charge in [0.1, 0.15) is 0 Å². The third-order valence-electron chi connectivity index (χ3n) is 3.94. The van der Waals surface area contributed by atoms with Crippen LogP contribution in [0.1, 0.15) is 72.6 Å². The number of amides is 4. The molecule has 0 aromatic rings. The molecular formula is C23H38N4O8. The minimum atomic E-state index is -1.01. The second-order valence-corrected chi connectivity index (χ2v) is 7.42. The topological polar surface area (TPSA) is 169 Å². The van der Waals surface area contributed by atoms with Gasteiger partial charge in [-0.15, -0.1) is 0 Å². The smallest absolute Gasteiger partial charge is 0.398 e. The SMILES string of the molecule is C=C(C)C(=O)NNC(=O)C(=O)OCCCCC.C=C(C)C(=O)NNC(=O)C(=O)OCCCCCC. The van der Waals surface area contributed by atoms with E-state index >= 15 is 0 Å². The van der Waals surface area contributed by atoms with Crippen LogP contribution in [-0.2, 0) is 38.2 Å². The summed E-state index contributed by atoms with van der Waals surface area (Å²) < 4.78 is 9.39. The van der Waals surface area contributed by atoms with Crippen LogP contribution in [0.4, 0.5) is 0 Å². The third kappa shape index (κ3) is 19.5. The first-order valence-corrected chi connectivity index (χ1v) is 11.3. The average molecular weight is 499 g/mol. The van der Waals surface area contributed by atoms with E-state index in [0.717, 1.165) is 38.5 Å². The number of esters is 2. The molecule has 0 saturated heterocycles. The second kappa shape index (κ2) is 20.9. The van der Waals surface area contributed by atoms with E-state index in [0.29, 0.717) is 6.42 Å². The van der Waals surface area contributed by atoms with Crippen molar-refractivity contribution in [2.45, 2.75) is 72.6 Å². The Labute approximate surface area is 206 Å². The number of unbranched alkanes of at least 4 members (excludes halogenated alkanes) is 5. The molecular weight excluding hydrogens is 460 g/mol. The Balaban J connectivity index is 0. The molecule has 0 aliphatic rings. The number of hydrogen-bond acceptors (Lipinski definition) is 8. The zero-order chi connectivity index (χ0) is 27.2. The van der Waals surface area contributed by atoms with Gasteiger partial charge in [-0.25, -0.2) is 9.59 Å². The summed E-state index contributed by atoms with van der Waals surface area (Å²) in [5.41, 5.74) is 8.38. The van der Waals surface area contributed by atoms with Crippen LogP contribution >= 0.6 is 0 Å². The summed E-state index contributed by atoms with van der Waals surface area (Å²) in [6, 6.07) is 0. The van der Waals surface area contributed by atoms with Crippen molar-refractivity contribution in [1.29, 1.82) is 0 Å². The predicted octanol–water partition coefficient (Wildman–Crippen LogP) is 1.28. The van der Waals surface area contributed by atoms with Crippen LogP contribution in [0.15, 0.2) is 24.3 Å². The fourth-order valence-electron chi connectivity index (χ4n) is 1.88. The first kappa shape index (κ1) is 33.5. The fraction of sp³-hybridized carbons (Fsp3) is 0.565. The number of hydrogen-bond donors (Lipinski definition) is 4. The van der Waals surface area contributed by atoms with Crippen LogP contribution < -0.4 is 21.7 Å². The van der Waals surface area contributed by atoms with Gasteiger partial charge >= 0.3 is 23.8 Å². The van der Waals surface area contributed by atoms with Crippen LogP contribution in [0.25, 0.3) is 0 Å². The summed E-state index contributed by atoms with van der Waals surface area (Å²) in [6.07, 6.45) is 6.48. The Hall–Kier alpha value is -3.70. The summed E-state index contributed by atoms with van der Waals surface area (Å²) in [6.45, 7) is 14.2. The third-order valence-corrected chi connectivity index (χ3v) is 3.94. The van der Waals surface area contributed by atoms with Gasteiger partial charge in [0.05, 0.1) is 13.2 Å². The van der Waals surface area contributed by atoms with Crippen molar-refractivity contribution >= 4 is 35.6 Å². The molecule has 0 spiro atoms. The molecule has 0 bridgehead atoms. The molecule has 4 N–H and O–H groups in total. The lowest BCUT2D eigenvalue weighted by atomic mass is 10.2. The summed E-state index contributed by atoms with van der Waals surface area (Å²) in [5.74, 6) is -5.14. The zero-order valence-corrected chi connectivity index (χ0v) is 21.0. The number of rotatable bonds is 11. The van der Waals surface area contributed by atoms with Gasteiger partial charge in [0.15, 0.2) is 0 Å². The maximum atomic E-state index is 11.2. The standard InChI is InChI=1S/C12H20N2O4.C11H18N2O4/c1-4-5-6-7-8-18-12(17)11(16)14-13-10(15)9(2)3;1-4-5-6-7-17-11(16)10(15)13-12-9(14)8(2)3/h2,4-8H2,1,3H3,(H,13,15)(H,14,16);2,4-7H2,1,3H3,(H,12,14)(H,13,15). The minimum Gasteiger partial charge on any atom is -0.459 e. The molecule has 0 atom stereocenters. The van der Waals surface area contributed by atoms with E-state index in [2.05, 4.69) is 24.8 Å². The van der Waals surface area contributed by atoms with Crippen molar-refractivity contribution in [3.8, 4) is 0 Å². The van der Waals surface area contributed by atoms with Crippen molar-refractivity contribution in [3.63, 3.8) is 0 Å². The molecule has 0 radical (unpaired) electrons.